The molecular weight excluding hydrogens is 256 g/mol. The van der Waals surface area contributed by atoms with E-state index in [0.717, 1.165) is 0 Å². The van der Waals surface area contributed by atoms with Crippen molar-refractivity contribution < 1.29 is 24.1 Å². The monoisotopic (exact) mass is 273 g/mol. The third-order valence-electron chi connectivity index (χ3n) is 2.74. The summed E-state index contributed by atoms with van der Waals surface area (Å²) in [7, 11) is -8.25. The molecule has 16 heavy (non-hydrogen) atoms. The first-order valence-electron chi connectivity index (χ1n) is 4.49. The molecule has 0 saturated carbocycles. The van der Waals surface area contributed by atoms with Crippen LogP contribution in [0.3, 0.4) is 0 Å². The van der Waals surface area contributed by atoms with Crippen molar-refractivity contribution in [3.63, 3.8) is 0 Å². The smallest absolute Gasteiger partial charge is 0.348 e. The van der Waals surface area contributed by atoms with Gasteiger partial charge in [-0.2, -0.15) is 0 Å². The molecule has 0 radical (unpaired) electrons. The summed E-state index contributed by atoms with van der Waals surface area (Å²) >= 11 is 0. The van der Waals surface area contributed by atoms with E-state index in [9.17, 15) is 9.47 Å². The van der Waals surface area contributed by atoms with Crippen molar-refractivity contribution in [2.75, 3.05) is 0 Å². The summed E-state index contributed by atoms with van der Waals surface area (Å²) in [5.41, 5.74) is -0.707. The Hall–Kier alpha value is 0.1000. The zero-order valence-corrected chi connectivity index (χ0v) is 11.3. The predicted molar refractivity (Wildman–Crippen MR) is 60.5 cm³/mol. The highest BCUT2D eigenvalue weighted by atomic mass is 31.2. The SMILES string of the molecule is CC(C(C)(C)C)C(N=O)(P(O)O)P(=O)(O)O. The zero-order chi connectivity index (χ0) is 13.4. The maximum absolute atomic E-state index is 11.3. The second kappa shape index (κ2) is 4.77. The van der Waals surface area contributed by atoms with Gasteiger partial charge in [0, 0.05) is 5.92 Å². The average Bonchev–Trinajstić information content (AvgIpc) is 2.00. The summed E-state index contributed by atoms with van der Waals surface area (Å²) in [5.74, 6) is -0.987. The van der Waals surface area contributed by atoms with Crippen LogP contribution in [0.5, 0.6) is 0 Å². The first-order chi connectivity index (χ1) is 6.91. The summed E-state index contributed by atoms with van der Waals surface area (Å²) in [5, 5.41) is -0.294. The van der Waals surface area contributed by atoms with E-state index >= 15 is 0 Å². The van der Waals surface area contributed by atoms with Crippen LogP contribution in [-0.4, -0.2) is 24.6 Å². The van der Waals surface area contributed by atoms with Crippen LogP contribution in [-0.2, 0) is 4.57 Å². The third-order valence-corrected chi connectivity index (χ3v) is 6.44. The lowest BCUT2D eigenvalue weighted by Crippen LogP contribution is -2.39. The van der Waals surface area contributed by atoms with Gasteiger partial charge in [-0.3, -0.25) is 4.57 Å². The van der Waals surface area contributed by atoms with Gasteiger partial charge in [-0.25, -0.2) is 0 Å². The molecule has 4 N–H and O–H groups in total. The van der Waals surface area contributed by atoms with Crippen LogP contribution in [0, 0.1) is 16.2 Å². The number of nitrogens with zero attached hydrogens (tertiary/aromatic N) is 1. The molecule has 2 atom stereocenters. The minimum absolute atomic E-state index is 0.707. The largest absolute Gasteiger partial charge is 0.366 e. The van der Waals surface area contributed by atoms with Crippen LogP contribution < -0.4 is 0 Å². The Labute approximate surface area is 94.9 Å². The van der Waals surface area contributed by atoms with Gasteiger partial charge >= 0.3 is 7.60 Å². The molecule has 0 aliphatic carbocycles. The Kier molecular flexibility index (Phi) is 4.79. The molecule has 0 rings (SSSR count). The molecule has 0 aromatic carbocycles. The van der Waals surface area contributed by atoms with E-state index in [-0.39, 0.29) is 0 Å². The van der Waals surface area contributed by atoms with E-state index in [4.69, 9.17) is 19.6 Å². The fourth-order valence-corrected chi connectivity index (χ4v) is 4.03. The summed E-state index contributed by atoms with van der Waals surface area (Å²) in [6.45, 7) is 6.26. The number of nitroso groups, excluding NO2 is 1. The van der Waals surface area contributed by atoms with Crippen LogP contribution in [0.4, 0.5) is 0 Å². The predicted octanol–water partition coefficient (Wildman–Crippen LogP) is 1.56. The average molecular weight is 273 g/mol. The Morgan fingerprint density at radius 2 is 1.62 bits per heavy atom. The van der Waals surface area contributed by atoms with E-state index in [2.05, 4.69) is 5.18 Å². The zero-order valence-electron chi connectivity index (χ0n) is 9.52. The van der Waals surface area contributed by atoms with Gasteiger partial charge in [-0.05, 0) is 10.6 Å². The fraction of sp³-hybridized carbons (Fsp3) is 1.00. The topological polar surface area (TPSA) is 127 Å². The first kappa shape index (κ1) is 16.1. The number of hydrogen-bond acceptors (Lipinski definition) is 5. The van der Waals surface area contributed by atoms with Crippen LogP contribution in [0.2, 0.25) is 0 Å². The lowest BCUT2D eigenvalue weighted by atomic mass is 9.82. The Balaban J connectivity index is 5.77. The number of hydrogen-bond donors (Lipinski definition) is 4. The highest BCUT2D eigenvalue weighted by Crippen LogP contribution is 2.71. The molecular formula is C7H17NO6P2. The Morgan fingerprint density at radius 3 is 1.69 bits per heavy atom. The van der Waals surface area contributed by atoms with Crippen molar-refractivity contribution in [1.82, 2.24) is 0 Å². The van der Waals surface area contributed by atoms with Crippen molar-refractivity contribution in [3.8, 4) is 0 Å². The molecule has 0 fully saturated rings. The van der Waals surface area contributed by atoms with E-state index < -0.39 is 32.3 Å². The molecule has 2 unspecified atom stereocenters. The van der Waals surface area contributed by atoms with Crippen LogP contribution in [0.15, 0.2) is 5.18 Å². The van der Waals surface area contributed by atoms with Crippen molar-refractivity contribution >= 4 is 16.0 Å². The molecule has 0 amide bonds. The first-order valence-corrected chi connectivity index (χ1v) is 7.35. The second-order valence-corrected chi connectivity index (χ2v) is 8.08. The van der Waals surface area contributed by atoms with Gasteiger partial charge < -0.3 is 19.6 Å². The van der Waals surface area contributed by atoms with Gasteiger partial charge in [-0.15, -0.1) is 4.91 Å². The second-order valence-electron chi connectivity index (χ2n) is 4.70. The molecule has 0 aliphatic rings. The van der Waals surface area contributed by atoms with E-state index in [0.29, 0.717) is 0 Å². The lowest BCUT2D eigenvalue weighted by Gasteiger charge is -2.40. The van der Waals surface area contributed by atoms with Crippen molar-refractivity contribution in [2.45, 2.75) is 32.7 Å². The number of rotatable bonds is 4. The third kappa shape index (κ3) is 2.67. The standard InChI is InChI=1S/C7H17NO6P2/c1-5(6(2,3)4)7(8-9,15(10)11)16(12,13)14/h5,10-11H,1-4H3,(H2,12,13,14). The molecule has 0 aromatic heterocycles. The summed E-state index contributed by atoms with van der Waals surface area (Å²) < 4.78 is 11.3. The molecule has 0 aliphatic heterocycles. The summed E-state index contributed by atoms with van der Waals surface area (Å²) in [4.78, 5) is 47.4. The maximum atomic E-state index is 11.3. The summed E-state index contributed by atoms with van der Waals surface area (Å²) in [6, 6.07) is 0. The van der Waals surface area contributed by atoms with Gasteiger partial charge in [0.2, 0.25) is 8.38 Å². The van der Waals surface area contributed by atoms with Gasteiger partial charge in [0.15, 0.2) is 0 Å². The minimum Gasteiger partial charge on any atom is -0.348 e. The van der Waals surface area contributed by atoms with Crippen molar-refractivity contribution in [1.29, 1.82) is 0 Å². The molecule has 0 bridgehead atoms. The Bertz CT molecular complexity index is 308. The van der Waals surface area contributed by atoms with E-state index in [1.807, 2.05) is 0 Å². The Morgan fingerprint density at radius 1 is 1.25 bits per heavy atom. The quantitative estimate of drug-likeness (QED) is 0.454. The molecule has 0 spiro atoms. The van der Waals surface area contributed by atoms with Gasteiger partial charge in [-0.1, -0.05) is 27.7 Å². The highest BCUT2D eigenvalue weighted by molar-refractivity contribution is 7.69. The lowest BCUT2D eigenvalue weighted by molar-refractivity contribution is 0.199. The van der Waals surface area contributed by atoms with Gasteiger partial charge in [0.25, 0.3) is 5.02 Å². The van der Waals surface area contributed by atoms with Crippen LogP contribution >= 0.6 is 16.0 Å². The van der Waals surface area contributed by atoms with Gasteiger partial charge in [0.05, 0.1) is 0 Å². The molecule has 7 nitrogen and oxygen atoms in total. The maximum Gasteiger partial charge on any atom is 0.366 e. The fourth-order valence-electron chi connectivity index (χ4n) is 1.29. The van der Waals surface area contributed by atoms with Gasteiger partial charge in [0.1, 0.15) is 0 Å². The molecule has 96 valence electrons. The van der Waals surface area contributed by atoms with E-state index in [1.165, 1.54) is 6.92 Å². The summed E-state index contributed by atoms with van der Waals surface area (Å²) in [6.07, 6.45) is 0. The van der Waals surface area contributed by atoms with Crippen LogP contribution in [0.25, 0.3) is 0 Å². The molecule has 0 aromatic rings. The van der Waals surface area contributed by atoms with Crippen LogP contribution in [0.1, 0.15) is 27.7 Å². The molecule has 0 heterocycles. The van der Waals surface area contributed by atoms with Crippen molar-refractivity contribution in [3.05, 3.63) is 4.91 Å². The highest BCUT2D eigenvalue weighted by Gasteiger charge is 2.62. The molecule has 0 saturated heterocycles. The normalized spacial score (nSPS) is 19.3. The minimum atomic E-state index is -5.07. The van der Waals surface area contributed by atoms with Crippen molar-refractivity contribution in [2.24, 2.45) is 16.5 Å². The van der Waals surface area contributed by atoms with E-state index in [1.54, 1.807) is 20.8 Å². The molecule has 9 heteroatoms.